The lowest BCUT2D eigenvalue weighted by Gasteiger charge is -2.17. The van der Waals surface area contributed by atoms with E-state index < -0.39 is 0 Å². The molecule has 0 aromatic carbocycles. The van der Waals surface area contributed by atoms with E-state index in [1.54, 1.807) is 11.1 Å². The number of carbonyl (C=O) groups is 1. The molecule has 0 N–H and O–H groups in total. The molecule has 1 atom stereocenters. The normalized spacial score (nSPS) is 17.9. The molecule has 7 heteroatoms. The lowest BCUT2D eigenvalue weighted by Crippen LogP contribution is -2.23. The first-order valence-corrected chi connectivity index (χ1v) is 9.63. The SMILES string of the molecule is CN(C)C(=O)c1sc2ncccc2c1C1CCN(Cc2cncn2C)C1. The van der Waals surface area contributed by atoms with Crippen LogP contribution in [0.1, 0.15) is 33.3 Å². The van der Waals surface area contributed by atoms with Crippen LogP contribution in [0.4, 0.5) is 0 Å². The van der Waals surface area contributed by atoms with Crippen molar-refractivity contribution in [1.82, 2.24) is 24.3 Å². The Morgan fingerprint density at radius 2 is 2.27 bits per heavy atom. The van der Waals surface area contributed by atoms with E-state index in [0.717, 1.165) is 41.1 Å². The quantitative estimate of drug-likeness (QED) is 0.710. The molecule has 26 heavy (non-hydrogen) atoms. The van der Waals surface area contributed by atoms with Gasteiger partial charge in [0.2, 0.25) is 0 Å². The second kappa shape index (κ2) is 6.81. The van der Waals surface area contributed by atoms with Gasteiger partial charge < -0.3 is 9.47 Å². The van der Waals surface area contributed by atoms with Crippen molar-refractivity contribution in [1.29, 1.82) is 0 Å². The van der Waals surface area contributed by atoms with Gasteiger partial charge in [-0.25, -0.2) is 9.97 Å². The minimum absolute atomic E-state index is 0.0769. The van der Waals surface area contributed by atoms with Gasteiger partial charge in [-0.1, -0.05) is 6.07 Å². The molecule has 3 aromatic rings. The third kappa shape index (κ3) is 3.01. The summed E-state index contributed by atoms with van der Waals surface area (Å²) in [4.78, 5) is 27.4. The van der Waals surface area contributed by atoms with Gasteiger partial charge in [-0.15, -0.1) is 11.3 Å². The largest absolute Gasteiger partial charge is 0.344 e. The molecule has 1 aliphatic heterocycles. The molecular weight excluding hydrogens is 346 g/mol. The predicted molar refractivity (Wildman–Crippen MR) is 103 cm³/mol. The number of pyridine rings is 1. The van der Waals surface area contributed by atoms with Crippen LogP contribution in [0.5, 0.6) is 0 Å². The fraction of sp³-hybridized carbons (Fsp3) is 0.421. The number of aryl methyl sites for hydroxylation is 1. The van der Waals surface area contributed by atoms with E-state index in [1.165, 1.54) is 22.6 Å². The summed E-state index contributed by atoms with van der Waals surface area (Å²) < 4.78 is 2.07. The van der Waals surface area contributed by atoms with Crippen LogP contribution in [0.25, 0.3) is 10.2 Å². The van der Waals surface area contributed by atoms with Crippen molar-refractivity contribution in [3.8, 4) is 0 Å². The standard InChI is InChI=1S/C19H23N5OS/c1-22(2)19(25)17-16(15-5-4-7-21-18(15)26-17)13-6-8-24(10-13)11-14-9-20-12-23(14)3/h4-5,7,9,12-13H,6,8,10-11H2,1-3H3. The van der Waals surface area contributed by atoms with Crippen LogP contribution in [-0.2, 0) is 13.6 Å². The second-order valence-corrected chi connectivity index (χ2v) is 8.12. The average molecular weight is 369 g/mol. The summed E-state index contributed by atoms with van der Waals surface area (Å²) in [6, 6.07) is 4.06. The van der Waals surface area contributed by atoms with Gasteiger partial charge in [0, 0.05) is 57.9 Å². The Kier molecular flexibility index (Phi) is 4.50. The number of fused-ring (bicyclic) bond motifs is 1. The molecule has 3 aromatic heterocycles. The van der Waals surface area contributed by atoms with Crippen LogP contribution < -0.4 is 0 Å². The van der Waals surface area contributed by atoms with Gasteiger partial charge in [0.1, 0.15) is 4.83 Å². The minimum atomic E-state index is 0.0769. The Hall–Kier alpha value is -2.25. The molecular formula is C19H23N5OS. The predicted octanol–water partition coefficient (Wildman–Crippen LogP) is 2.72. The highest BCUT2D eigenvalue weighted by atomic mass is 32.1. The third-order valence-electron chi connectivity index (χ3n) is 5.09. The monoisotopic (exact) mass is 369 g/mol. The molecule has 0 aliphatic carbocycles. The van der Waals surface area contributed by atoms with E-state index in [4.69, 9.17) is 0 Å². The zero-order valence-electron chi connectivity index (χ0n) is 15.3. The second-order valence-electron chi connectivity index (χ2n) is 7.12. The van der Waals surface area contributed by atoms with Crippen LogP contribution in [0, 0.1) is 0 Å². The summed E-state index contributed by atoms with van der Waals surface area (Å²) in [5.41, 5.74) is 2.40. The number of rotatable bonds is 4. The maximum atomic E-state index is 12.8. The molecule has 4 rings (SSSR count). The molecule has 1 aliphatic rings. The number of amides is 1. The molecule has 1 fully saturated rings. The molecule has 136 valence electrons. The van der Waals surface area contributed by atoms with Crippen molar-refractivity contribution in [2.75, 3.05) is 27.2 Å². The first kappa shape index (κ1) is 17.2. The van der Waals surface area contributed by atoms with Crippen LogP contribution in [-0.4, -0.2) is 57.4 Å². The highest BCUT2D eigenvalue weighted by Crippen LogP contribution is 2.40. The number of hydrogen-bond acceptors (Lipinski definition) is 5. The Labute approximate surface area is 157 Å². The number of aromatic nitrogens is 3. The Bertz CT molecular complexity index is 944. The summed E-state index contributed by atoms with van der Waals surface area (Å²) in [5, 5.41) is 1.13. The average Bonchev–Trinajstić information content (AvgIpc) is 3.33. The van der Waals surface area contributed by atoms with Gasteiger partial charge >= 0.3 is 0 Å². The number of hydrogen-bond donors (Lipinski definition) is 0. The van der Waals surface area contributed by atoms with Crippen molar-refractivity contribution in [2.45, 2.75) is 18.9 Å². The van der Waals surface area contributed by atoms with Crippen LogP contribution in [0.3, 0.4) is 0 Å². The van der Waals surface area contributed by atoms with Gasteiger partial charge in [0.25, 0.3) is 5.91 Å². The molecule has 0 radical (unpaired) electrons. The molecule has 1 saturated heterocycles. The third-order valence-corrected chi connectivity index (χ3v) is 6.21. The molecule has 0 saturated carbocycles. The Morgan fingerprint density at radius 3 is 3.00 bits per heavy atom. The van der Waals surface area contributed by atoms with Gasteiger partial charge in [-0.3, -0.25) is 9.69 Å². The van der Waals surface area contributed by atoms with Gasteiger partial charge in [0.05, 0.1) is 16.9 Å². The van der Waals surface area contributed by atoms with Crippen molar-refractivity contribution < 1.29 is 4.79 Å². The molecule has 0 spiro atoms. The Balaban J connectivity index is 1.65. The minimum Gasteiger partial charge on any atom is -0.344 e. The van der Waals surface area contributed by atoms with Crippen LogP contribution >= 0.6 is 11.3 Å². The van der Waals surface area contributed by atoms with Crippen molar-refractivity contribution in [3.05, 3.63) is 47.0 Å². The van der Waals surface area contributed by atoms with Gasteiger partial charge in [-0.2, -0.15) is 0 Å². The van der Waals surface area contributed by atoms with Gasteiger partial charge in [0.15, 0.2) is 0 Å². The number of thiophene rings is 1. The zero-order valence-corrected chi connectivity index (χ0v) is 16.2. The fourth-order valence-electron chi connectivity index (χ4n) is 3.70. The summed E-state index contributed by atoms with van der Waals surface area (Å²) in [6.45, 7) is 2.88. The van der Waals surface area contributed by atoms with Crippen molar-refractivity contribution in [3.63, 3.8) is 0 Å². The smallest absolute Gasteiger partial charge is 0.263 e. The van der Waals surface area contributed by atoms with Crippen molar-refractivity contribution in [2.24, 2.45) is 7.05 Å². The summed E-state index contributed by atoms with van der Waals surface area (Å²) in [5.74, 6) is 0.438. The summed E-state index contributed by atoms with van der Waals surface area (Å²) >= 11 is 1.52. The van der Waals surface area contributed by atoms with Crippen LogP contribution in [0.2, 0.25) is 0 Å². The van der Waals surface area contributed by atoms with E-state index in [9.17, 15) is 4.79 Å². The maximum absolute atomic E-state index is 12.8. The van der Waals surface area contributed by atoms with E-state index >= 15 is 0 Å². The molecule has 1 amide bonds. The highest BCUT2D eigenvalue weighted by molar-refractivity contribution is 7.20. The van der Waals surface area contributed by atoms with E-state index in [2.05, 4.69) is 25.5 Å². The number of likely N-dealkylation sites (tertiary alicyclic amines) is 1. The first-order chi connectivity index (χ1) is 12.5. The summed E-state index contributed by atoms with van der Waals surface area (Å²) in [7, 11) is 5.66. The maximum Gasteiger partial charge on any atom is 0.263 e. The first-order valence-electron chi connectivity index (χ1n) is 8.81. The number of nitrogens with zero attached hydrogens (tertiary/aromatic N) is 5. The molecule has 1 unspecified atom stereocenters. The number of carbonyl (C=O) groups excluding carboxylic acids is 1. The van der Waals surface area contributed by atoms with E-state index in [-0.39, 0.29) is 5.91 Å². The number of imidazole rings is 1. The zero-order chi connectivity index (χ0) is 18.3. The summed E-state index contributed by atoms with van der Waals surface area (Å²) in [6.07, 6.45) is 6.63. The van der Waals surface area contributed by atoms with Gasteiger partial charge in [-0.05, 0) is 24.6 Å². The van der Waals surface area contributed by atoms with E-state index in [1.807, 2.05) is 39.7 Å². The fourth-order valence-corrected chi connectivity index (χ4v) is 4.95. The topological polar surface area (TPSA) is 54.3 Å². The van der Waals surface area contributed by atoms with Crippen LogP contribution in [0.15, 0.2) is 30.9 Å². The van der Waals surface area contributed by atoms with E-state index in [0.29, 0.717) is 5.92 Å². The highest BCUT2D eigenvalue weighted by Gasteiger charge is 2.31. The lowest BCUT2D eigenvalue weighted by atomic mass is 9.95. The lowest BCUT2D eigenvalue weighted by molar-refractivity contribution is 0.0831. The Morgan fingerprint density at radius 1 is 1.42 bits per heavy atom. The molecule has 4 heterocycles. The molecule has 0 bridgehead atoms. The van der Waals surface area contributed by atoms with Crippen molar-refractivity contribution >= 4 is 27.5 Å². The molecule has 6 nitrogen and oxygen atoms in total.